The number of nitrogens with one attached hydrogen (secondary N) is 2. The van der Waals surface area contributed by atoms with Crippen molar-refractivity contribution in [1.82, 2.24) is 15.6 Å². The molecule has 2 N–H and O–H groups in total. The van der Waals surface area contributed by atoms with Crippen LogP contribution in [0.3, 0.4) is 0 Å². The third kappa shape index (κ3) is 4.71. The van der Waals surface area contributed by atoms with Crippen molar-refractivity contribution in [3.8, 4) is 0 Å². The molecule has 5 heteroatoms. The average molecular weight is 379 g/mol. The smallest absolute Gasteiger partial charge is 0.251 e. The Kier molecular flexibility index (Phi) is 6.22. The quantitative estimate of drug-likeness (QED) is 0.797. The molecular formula is C23H30N4O. The maximum absolute atomic E-state index is 12.8. The normalized spacial score (nSPS) is 21.1. The number of aromatic nitrogens is 1. The molecule has 2 aliphatic rings. The fourth-order valence-corrected chi connectivity index (χ4v) is 4.29. The predicted octanol–water partition coefficient (Wildman–Crippen LogP) is 3.69. The molecule has 148 valence electrons. The molecule has 1 aliphatic carbocycles. The molecule has 1 aromatic heterocycles. The first-order valence-corrected chi connectivity index (χ1v) is 10.6. The highest BCUT2D eigenvalue weighted by Crippen LogP contribution is 2.22. The zero-order valence-electron chi connectivity index (χ0n) is 16.4. The lowest BCUT2D eigenvalue weighted by molar-refractivity contribution is 0.0933. The molecule has 1 saturated heterocycles. The molecule has 1 amide bonds. The van der Waals surface area contributed by atoms with Crippen molar-refractivity contribution in [2.24, 2.45) is 0 Å². The van der Waals surface area contributed by atoms with Gasteiger partial charge in [0.15, 0.2) is 0 Å². The van der Waals surface area contributed by atoms with Crippen LogP contribution in [0.25, 0.3) is 0 Å². The lowest BCUT2D eigenvalue weighted by Gasteiger charge is -2.35. The second kappa shape index (κ2) is 9.20. The highest BCUT2D eigenvalue weighted by Gasteiger charge is 2.22. The van der Waals surface area contributed by atoms with Crippen LogP contribution in [-0.2, 0) is 0 Å². The molecule has 1 unspecified atom stereocenters. The van der Waals surface area contributed by atoms with Crippen LogP contribution in [0.5, 0.6) is 0 Å². The first kappa shape index (κ1) is 18.9. The van der Waals surface area contributed by atoms with Gasteiger partial charge in [0.25, 0.3) is 5.91 Å². The predicted molar refractivity (Wildman–Crippen MR) is 113 cm³/mol. The van der Waals surface area contributed by atoms with E-state index in [9.17, 15) is 4.79 Å². The average Bonchev–Trinajstić information content (AvgIpc) is 3.03. The fraction of sp³-hybridized carbons (Fsp3) is 0.478. The first-order chi connectivity index (χ1) is 13.8. The van der Waals surface area contributed by atoms with Crippen molar-refractivity contribution in [3.63, 3.8) is 0 Å². The Hall–Kier alpha value is -2.40. The van der Waals surface area contributed by atoms with E-state index in [4.69, 9.17) is 0 Å². The summed E-state index contributed by atoms with van der Waals surface area (Å²) in [6.07, 6.45) is 8.97. The monoisotopic (exact) mass is 378 g/mol. The van der Waals surface area contributed by atoms with E-state index in [0.29, 0.717) is 11.6 Å². The van der Waals surface area contributed by atoms with Gasteiger partial charge in [0.2, 0.25) is 0 Å². The number of hydrogen-bond donors (Lipinski definition) is 2. The van der Waals surface area contributed by atoms with Crippen molar-refractivity contribution in [2.45, 2.75) is 50.6 Å². The summed E-state index contributed by atoms with van der Waals surface area (Å²) in [6.45, 7) is 2.65. The van der Waals surface area contributed by atoms with Crippen LogP contribution in [-0.4, -0.2) is 36.6 Å². The zero-order valence-corrected chi connectivity index (χ0v) is 16.4. The van der Waals surface area contributed by atoms with Gasteiger partial charge in [0.05, 0.1) is 0 Å². The van der Waals surface area contributed by atoms with Crippen LogP contribution in [0.4, 0.5) is 5.82 Å². The lowest BCUT2D eigenvalue weighted by atomic mass is 10.0. The summed E-state index contributed by atoms with van der Waals surface area (Å²) in [5.74, 6) is 0.918. The van der Waals surface area contributed by atoms with Crippen molar-refractivity contribution in [3.05, 3.63) is 59.8 Å². The molecule has 2 fully saturated rings. The summed E-state index contributed by atoms with van der Waals surface area (Å²) >= 11 is 0. The molecule has 1 aliphatic heterocycles. The number of amides is 1. The molecule has 28 heavy (non-hydrogen) atoms. The molecule has 0 radical (unpaired) electrons. The molecular weight excluding hydrogens is 348 g/mol. The van der Waals surface area contributed by atoms with Crippen LogP contribution in [0.1, 0.15) is 60.5 Å². The molecule has 2 heterocycles. The highest BCUT2D eigenvalue weighted by molar-refractivity contribution is 5.95. The van der Waals surface area contributed by atoms with Gasteiger partial charge in [-0.15, -0.1) is 0 Å². The van der Waals surface area contributed by atoms with E-state index in [0.717, 1.165) is 38.3 Å². The molecule has 2 aromatic rings. The number of anilines is 1. The Morgan fingerprint density at radius 3 is 2.64 bits per heavy atom. The Labute approximate surface area is 167 Å². The minimum Gasteiger partial charge on any atom is -0.353 e. The maximum atomic E-state index is 12.8. The summed E-state index contributed by atoms with van der Waals surface area (Å²) in [4.78, 5) is 19.6. The molecule has 1 aromatic carbocycles. The van der Waals surface area contributed by atoms with Gasteiger partial charge >= 0.3 is 0 Å². The molecule has 0 bridgehead atoms. The molecule has 1 saturated carbocycles. The molecule has 1 atom stereocenters. The third-order valence-corrected chi connectivity index (χ3v) is 5.90. The number of carbonyl (C=O) groups is 1. The van der Waals surface area contributed by atoms with E-state index < -0.39 is 0 Å². The summed E-state index contributed by atoms with van der Waals surface area (Å²) in [5, 5.41) is 6.83. The van der Waals surface area contributed by atoms with Crippen LogP contribution in [0.15, 0.2) is 48.7 Å². The van der Waals surface area contributed by atoms with E-state index >= 15 is 0 Å². The standard InChI is InChI=1S/C23H30N4O/c28-23(26-20-10-6-1-2-7-11-20)19-12-13-25-22(16-19)27-15-14-24-21(17-27)18-8-4-3-5-9-18/h3-5,8-9,12-13,16,20-21,24H,1-2,6-7,10-11,14-15,17H2,(H,26,28). The number of piperazine rings is 1. The molecule has 5 nitrogen and oxygen atoms in total. The van der Waals surface area contributed by atoms with Crippen molar-refractivity contribution in [2.75, 3.05) is 24.5 Å². The van der Waals surface area contributed by atoms with Gasteiger partial charge < -0.3 is 15.5 Å². The minimum atomic E-state index is 0.0327. The number of rotatable bonds is 4. The number of benzene rings is 1. The third-order valence-electron chi connectivity index (χ3n) is 5.90. The fourth-order valence-electron chi connectivity index (χ4n) is 4.29. The van der Waals surface area contributed by atoms with Crippen LogP contribution < -0.4 is 15.5 Å². The van der Waals surface area contributed by atoms with E-state index in [1.165, 1.54) is 31.2 Å². The van der Waals surface area contributed by atoms with E-state index in [2.05, 4.69) is 44.8 Å². The first-order valence-electron chi connectivity index (χ1n) is 10.6. The number of hydrogen-bond acceptors (Lipinski definition) is 4. The molecule has 4 rings (SSSR count). The highest BCUT2D eigenvalue weighted by atomic mass is 16.1. The maximum Gasteiger partial charge on any atom is 0.251 e. The van der Waals surface area contributed by atoms with E-state index in [1.807, 2.05) is 18.2 Å². The van der Waals surface area contributed by atoms with Gasteiger partial charge in [-0.2, -0.15) is 0 Å². The zero-order chi connectivity index (χ0) is 19.2. The number of nitrogens with zero attached hydrogens (tertiary/aromatic N) is 2. The Morgan fingerprint density at radius 1 is 1.07 bits per heavy atom. The van der Waals surface area contributed by atoms with Crippen molar-refractivity contribution < 1.29 is 4.79 Å². The largest absolute Gasteiger partial charge is 0.353 e. The van der Waals surface area contributed by atoms with Gasteiger partial charge in [0.1, 0.15) is 5.82 Å². The number of pyridine rings is 1. The second-order valence-electron chi connectivity index (χ2n) is 7.93. The van der Waals surface area contributed by atoms with Gasteiger partial charge in [-0.25, -0.2) is 4.98 Å². The lowest BCUT2D eigenvalue weighted by Crippen LogP contribution is -2.46. The summed E-state index contributed by atoms with van der Waals surface area (Å²) in [6, 6.07) is 14.9. The SMILES string of the molecule is O=C(NC1CCCCCC1)c1ccnc(N2CCNC(c3ccccc3)C2)c1. The van der Waals surface area contributed by atoms with Gasteiger partial charge in [-0.3, -0.25) is 4.79 Å². The second-order valence-corrected chi connectivity index (χ2v) is 7.93. The van der Waals surface area contributed by atoms with E-state index in [-0.39, 0.29) is 11.9 Å². The summed E-state index contributed by atoms with van der Waals surface area (Å²) in [5.41, 5.74) is 2.00. The van der Waals surface area contributed by atoms with Gasteiger partial charge in [0, 0.05) is 43.5 Å². The van der Waals surface area contributed by atoms with Gasteiger partial charge in [-0.1, -0.05) is 56.0 Å². The van der Waals surface area contributed by atoms with Crippen molar-refractivity contribution in [1.29, 1.82) is 0 Å². The molecule has 0 spiro atoms. The van der Waals surface area contributed by atoms with Gasteiger partial charge in [-0.05, 0) is 30.5 Å². The summed E-state index contributed by atoms with van der Waals surface area (Å²) in [7, 11) is 0. The van der Waals surface area contributed by atoms with Crippen molar-refractivity contribution >= 4 is 11.7 Å². The number of carbonyl (C=O) groups excluding carboxylic acids is 1. The van der Waals surface area contributed by atoms with Crippen LogP contribution in [0.2, 0.25) is 0 Å². The minimum absolute atomic E-state index is 0.0327. The topological polar surface area (TPSA) is 57.3 Å². The van der Waals surface area contributed by atoms with E-state index in [1.54, 1.807) is 6.20 Å². The summed E-state index contributed by atoms with van der Waals surface area (Å²) < 4.78 is 0. The van der Waals surface area contributed by atoms with Crippen LogP contribution >= 0.6 is 0 Å². The Balaban J connectivity index is 1.43. The van der Waals surface area contributed by atoms with Crippen LogP contribution in [0, 0.1) is 0 Å². The Bertz CT molecular complexity index is 771. The Morgan fingerprint density at radius 2 is 1.86 bits per heavy atom.